The summed E-state index contributed by atoms with van der Waals surface area (Å²) in [6.45, 7) is 6.72. The van der Waals surface area contributed by atoms with Crippen molar-refractivity contribution in [1.82, 2.24) is 9.88 Å². The zero-order valence-electron chi connectivity index (χ0n) is 18.1. The summed E-state index contributed by atoms with van der Waals surface area (Å²) < 4.78 is 6.24. The second-order valence-electron chi connectivity index (χ2n) is 9.53. The summed E-state index contributed by atoms with van der Waals surface area (Å²) >= 11 is 0. The average Bonchev–Trinajstić information content (AvgIpc) is 3.44. The van der Waals surface area contributed by atoms with Crippen molar-refractivity contribution in [1.29, 1.82) is 0 Å². The Morgan fingerprint density at radius 2 is 1.76 bits per heavy atom. The molecular formula is C26H36N2O. The Bertz CT molecular complexity index is 863. The van der Waals surface area contributed by atoms with Crippen LogP contribution in [-0.2, 0) is 12.8 Å². The lowest BCUT2D eigenvalue weighted by Gasteiger charge is -2.24. The Morgan fingerprint density at radius 1 is 0.966 bits per heavy atom. The molecule has 0 spiro atoms. The van der Waals surface area contributed by atoms with Crippen LogP contribution < -0.4 is 4.74 Å². The van der Waals surface area contributed by atoms with Crippen LogP contribution in [0.5, 0.6) is 5.75 Å². The second-order valence-corrected chi connectivity index (χ2v) is 9.53. The fourth-order valence-corrected chi connectivity index (χ4v) is 5.88. The van der Waals surface area contributed by atoms with E-state index in [9.17, 15) is 0 Å². The zero-order valence-corrected chi connectivity index (χ0v) is 18.1. The maximum atomic E-state index is 6.24. The van der Waals surface area contributed by atoms with Gasteiger partial charge in [-0.05, 0) is 94.1 Å². The molecule has 1 saturated heterocycles. The number of rotatable bonds is 6. The number of nitrogens with zero attached hydrogens (tertiary/aromatic N) is 2. The highest BCUT2D eigenvalue weighted by Crippen LogP contribution is 2.40. The van der Waals surface area contributed by atoms with Gasteiger partial charge < -0.3 is 9.64 Å². The minimum atomic E-state index is 0.686. The van der Waals surface area contributed by atoms with Gasteiger partial charge in [0.25, 0.3) is 0 Å². The first-order valence-electron chi connectivity index (χ1n) is 12.1. The van der Waals surface area contributed by atoms with Crippen LogP contribution in [0.3, 0.4) is 0 Å². The Kier molecular flexibility index (Phi) is 5.76. The van der Waals surface area contributed by atoms with Crippen LogP contribution in [0.15, 0.2) is 12.1 Å². The van der Waals surface area contributed by atoms with E-state index in [1.807, 2.05) is 0 Å². The van der Waals surface area contributed by atoms with Crippen LogP contribution in [0.1, 0.15) is 86.1 Å². The molecule has 0 amide bonds. The molecule has 5 rings (SSSR count). The van der Waals surface area contributed by atoms with Gasteiger partial charge in [-0.2, -0.15) is 0 Å². The molecule has 1 aromatic carbocycles. The quantitative estimate of drug-likeness (QED) is 0.569. The van der Waals surface area contributed by atoms with Crippen molar-refractivity contribution in [2.75, 3.05) is 26.2 Å². The molecule has 2 heterocycles. The fraction of sp³-hybridized carbons (Fsp3) is 0.654. The summed E-state index contributed by atoms with van der Waals surface area (Å²) in [5.41, 5.74) is 7.07. The van der Waals surface area contributed by atoms with Crippen molar-refractivity contribution in [3.8, 4) is 5.75 Å². The van der Waals surface area contributed by atoms with E-state index in [1.165, 1.54) is 106 Å². The third-order valence-corrected chi connectivity index (χ3v) is 7.45. The van der Waals surface area contributed by atoms with E-state index in [-0.39, 0.29) is 0 Å². The number of benzene rings is 1. The Labute approximate surface area is 175 Å². The second kappa shape index (κ2) is 8.63. The Balaban J connectivity index is 1.38. The summed E-state index contributed by atoms with van der Waals surface area (Å²) in [6.07, 6.45) is 14.4. The molecule has 1 saturated carbocycles. The van der Waals surface area contributed by atoms with Crippen molar-refractivity contribution in [2.24, 2.45) is 0 Å². The number of aryl methyl sites for hydroxylation is 2. The number of hydrogen-bond acceptors (Lipinski definition) is 3. The summed E-state index contributed by atoms with van der Waals surface area (Å²) in [5, 5.41) is 1.39. The zero-order chi connectivity index (χ0) is 19.6. The molecule has 1 aliphatic heterocycles. The van der Waals surface area contributed by atoms with E-state index < -0.39 is 0 Å². The molecule has 2 aliphatic carbocycles. The molecule has 3 nitrogen and oxygen atoms in total. The smallest absolute Gasteiger partial charge is 0.124 e. The lowest BCUT2D eigenvalue weighted by Crippen LogP contribution is -2.22. The van der Waals surface area contributed by atoms with Crippen molar-refractivity contribution in [2.45, 2.75) is 83.5 Å². The van der Waals surface area contributed by atoms with Crippen LogP contribution in [0.4, 0.5) is 0 Å². The lowest BCUT2D eigenvalue weighted by atomic mass is 9.83. The number of fused-ring (bicyclic) bond motifs is 3. The molecule has 2 fully saturated rings. The summed E-state index contributed by atoms with van der Waals surface area (Å²) in [6, 6.07) is 4.60. The molecule has 29 heavy (non-hydrogen) atoms. The van der Waals surface area contributed by atoms with Gasteiger partial charge in [0.2, 0.25) is 0 Å². The fourth-order valence-electron chi connectivity index (χ4n) is 5.88. The number of aromatic nitrogens is 1. The third kappa shape index (κ3) is 4.03. The monoisotopic (exact) mass is 392 g/mol. The maximum absolute atomic E-state index is 6.24. The van der Waals surface area contributed by atoms with Crippen LogP contribution in [-0.4, -0.2) is 36.1 Å². The highest BCUT2D eigenvalue weighted by atomic mass is 16.5. The predicted octanol–water partition coefficient (Wildman–Crippen LogP) is 5.94. The standard InChI is InChI=1S/C26H36N2O/c1-19-17-23-21-11-7-12-22(21)26(20-9-3-2-4-10-20)27-24(23)18-25(19)29-16-8-15-28-13-5-6-14-28/h17-18,20H,2-16H2,1H3. The van der Waals surface area contributed by atoms with E-state index in [2.05, 4.69) is 24.0 Å². The Morgan fingerprint density at radius 3 is 2.59 bits per heavy atom. The topological polar surface area (TPSA) is 25.4 Å². The van der Waals surface area contributed by atoms with Gasteiger partial charge in [0.15, 0.2) is 0 Å². The minimum absolute atomic E-state index is 0.686. The van der Waals surface area contributed by atoms with E-state index in [4.69, 9.17) is 9.72 Å². The molecule has 3 heteroatoms. The van der Waals surface area contributed by atoms with E-state index >= 15 is 0 Å². The Hall–Kier alpha value is -1.61. The minimum Gasteiger partial charge on any atom is -0.493 e. The molecule has 3 aliphatic rings. The van der Waals surface area contributed by atoms with Gasteiger partial charge in [-0.25, -0.2) is 0 Å². The molecule has 0 bridgehead atoms. The summed E-state index contributed by atoms with van der Waals surface area (Å²) in [7, 11) is 0. The van der Waals surface area contributed by atoms with E-state index in [0.717, 1.165) is 18.8 Å². The van der Waals surface area contributed by atoms with Crippen LogP contribution >= 0.6 is 0 Å². The van der Waals surface area contributed by atoms with E-state index in [0.29, 0.717) is 5.92 Å². The van der Waals surface area contributed by atoms with Gasteiger partial charge in [-0.15, -0.1) is 0 Å². The van der Waals surface area contributed by atoms with Gasteiger partial charge in [0.05, 0.1) is 12.1 Å². The van der Waals surface area contributed by atoms with Gasteiger partial charge in [0.1, 0.15) is 5.75 Å². The average molecular weight is 393 g/mol. The molecule has 0 atom stereocenters. The molecule has 156 valence electrons. The number of pyridine rings is 1. The van der Waals surface area contributed by atoms with Crippen molar-refractivity contribution >= 4 is 10.9 Å². The van der Waals surface area contributed by atoms with Crippen LogP contribution in [0.25, 0.3) is 10.9 Å². The number of ether oxygens (including phenoxy) is 1. The van der Waals surface area contributed by atoms with Crippen LogP contribution in [0, 0.1) is 6.92 Å². The van der Waals surface area contributed by atoms with Gasteiger partial charge in [-0.1, -0.05) is 19.3 Å². The van der Waals surface area contributed by atoms with Gasteiger partial charge in [-0.3, -0.25) is 4.98 Å². The van der Waals surface area contributed by atoms with Gasteiger partial charge >= 0.3 is 0 Å². The molecule has 2 aromatic rings. The maximum Gasteiger partial charge on any atom is 0.124 e. The van der Waals surface area contributed by atoms with Crippen LogP contribution in [0.2, 0.25) is 0 Å². The third-order valence-electron chi connectivity index (χ3n) is 7.45. The normalized spacial score (nSPS) is 20.4. The molecule has 0 N–H and O–H groups in total. The summed E-state index contributed by atoms with van der Waals surface area (Å²) in [4.78, 5) is 7.84. The van der Waals surface area contributed by atoms with Crippen molar-refractivity contribution in [3.05, 3.63) is 34.5 Å². The first kappa shape index (κ1) is 19.4. The molecular weight excluding hydrogens is 356 g/mol. The van der Waals surface area contributed by atoms with Gasteiger partial charge in [0, 0.05) is 29.6 Å². The molecule has 0 unspecified atom stereocenters. The first-order valence-corrected chi connectivity index (χ1v) is 12.1. The van der Waals surface area contributed by atoms with E-state index in [1.54, 1.807) is 11.1 Å². The largest absolute Gasteiger partial charge is 0.493 e. The molecule has 0 radical (unpaired) electrons. The number of likely N-dealkylation sites (tertiary alicyclic amines) is 1. The molecule has 1 aromatic heterocycles. The predicted molar refractivity (Wildman–Crippen MR) is 120 cm³/mol. The summed E-state index contributed by atoms with van der Waals surface area (Å²) in [5.74, 6) is 1.73. The SMILES string of the molecule is Cc1cc2c3c(c(C4CCCCC4)nc2cc1OCCCN1CCCC1)CCC3. The van der Waals surface area contributed by atoms with Crippen molar-refractivity contribution in [3.63, 3.8) is 0 Å². The number of hydrogen-bond donors (Lipinski definition) is 0. The first-order chi connectivity index (χ1) is 14.3. The lowest BCUT2D eigenvalue weighted by molar-refractivity contribution is 0.262. The highest BCUT2D eigenvalue weighted by molar-refractivity contribution is 5.86. The highest BCUT2D eigenvalue weighted by Gasteiger charge is 2.26. The van der Waals surface area contributed by atoms with Crippen molar-refractivity contribution < 1.29 is 4.74 Å².